The molecular formula is C16H24N2O3. The van der Waals surface area contributed by atoms with Crippen molar-refractivity contribution in [2.24, 2.45) is 0 Å². The van der Waals surface area contributed by atoms with Crippen molar-refractivity contribution in [1.82, 2.24) is 9.80 Å². The average molecular weight is 292 g/mol. The van der Waals surface area contributed by atoms with Gasteiger partial charge in [-0.05, 0) is 37.6 Å². The molecule has 0 radical (unpaired) electrons. The third kappa shape index (κ3) is 4.72. The predicted molar refractivity (Wildman–Crippen MR) is 81.1 cm³/mol. The number of ether oxygens (including phenoxy) is 1. The van der Waals surface area contributed by atoms with Crippen LogP contribution in [-0.4, -0.2) is 60.7 Å². The lowest BCUT2D eigenvalue weighted by atomic mass is 10.1. The van der Waals surface area contributed by atoms with Gasteiger partial charge in [-0.25, -0.2) is 0 Å². The van der Waals surface area contributed by atoms with Gasteiger partial charge in [0.25, 0.3) is 0 Å². The van der Waals surface area contributed by atoms with Crippen molar-refractivity contribution in [1.29, 1.82) is 0 Å². The summed E-state index contributed by atoms with van der Waals surface area (Å²) in [5, 5.41) is 9.47. The van der Waals surface area contributed by atoms with Crippen LogP contribution in [0.3, 0.4) is 0 Å². The Kier molecular flexibility index (Phi) is 5.59. The first kappa shape index (κ1) is 15.8. The number of hydrogen-bond donors (Lipinski definition) is 1. The number of amides is 1. The zero-order valence-electron chi connectivity index (χ0n) is 12.8. The van der Waals surface area contributed by atoms with Crippen LogP contribution in [-0.2, 0) is 11.3 Å². The first-order valence-corrected chi connectivity index (χ1v) is 7.36. The van der Waals surface area contributed by atoms with Gasteiger partial charge in [0, 0.05) is 19.6 Å². The summed E-state index contributed by atoms with van der Waals surface area (Å²) >= 11 is 0. The van der Waals surface area contributed by atoms with E-state index in [1.165, 1.54) is 0 Å². The maximum absolute atomic E-state index is 12.2. The van der Waals surface area contributed by atoms with Gasteiger partial charge in [-0.3, -0.25) is 9.69 Å². The molecule has 0 aromatic heterocycles. The number of carbonyl (C=O) groups excluding carboxylic acids is 1. The minimum absolute atomic E-state index is 0.132. The molecule has 0 atom stereocenters. The third-order valence-corrected chi connectivity index (χ3v) is 3.81. The molecule has 0 spiro atoms. The van der Waals surface area contributed by atoms with Crippen molar-refractivity contribution in [2.75, 3.05) is 33.8 Å². The van der Waals surface area contributed by atoms with Gasteiger partial charge in [-0.15, -0.1) is 0 Å². The van der Waals surface area contributed by atoms with Crippen LogP contribution < -0.4 is 4.74 Å². The van der Waals surface area contributed by atoms with Crippen molar-refractivity contribution in [3.05, 3.63) is 29.8 Å². The Morgan fingerprint density at radius 1 is 1.43 bits per heavy atom. The molecule has 0 saturated carbocycles. The number of nitrogens with zero attached hydrogens (tertiary/aromatic N) is 2. The summed E-state index contributed by atoms with van der Waals surface area (Å²) in [6.07, 6.45) is 1.13. The summed E-state index contributed by atoms with van der Waals surface area (Å²) in [6, 6.07) is 7.88. The lowest BCUT2D eigenvalue weighted by molar-refractivity contribution is -0.134. The number of likely N-dealkylation sites (tertiary alicyclic amines) is 1. The van der Waals surface area contributed by atoms with Crippen LogP contribution in [0.4, 0.5) is 0 Å². The van der Waals surface area contributed by atoms with E-state index in [9.17, 15) is 9.90 Å². The Balaban J connectivity index is 1.83. The quantitative estimate of drug-likeness (QED) is 0.883. The lowest BCUT2D eigenvalue weighted by Gasteiger charge is -2.31. The van der Waals surface area contributed by atoms with Gasteiger partial charge < -0.3 is 14.7 Å². The predicted octanol–water partition coefficient (Wildman–Crippen LogP) is 1.11. The zero-order valence-corrected chi connectivity index (χ0v) is 12.8. The molecule has 1 aromatic rings. The smallest absolute Gasteiger partial charge is 0.236 e. The van der Waals surface area contributed by atoms with Crippen LogP contribution in [0.1, 0.15) is 18.4 Å². The molecule has 0 aliphatic carbocycles. The standard InChI is InChI=1S/C16H24N2O3/c1-17(11-13-4-3-5-15(10-13)21-2)12-16(20)18-8-6-14(19)7-9-18/h3-5,10,14,19H,6-9,11-12H2,1-2H3. The van der Waals surface area contributed by atoms with Crippen LogP contribution in [0.2, 0.25) is 0 Å². The van der Waals surface area contributed by atoms with E-state index < -0.39 is 0 Å². The lowest BCUT2D eigenvalue weighted by Crippen LogP contribution is -2.44. The van der Waals surface area contributed by atoms with E-state index in [4.69, 9.17) is 4.74 Å². The molecule has 1 fully saturated rings. The highest BCUT2D eigenvalue weighted by atomic mass is 16.5. The van der Waals surface area contributed by atoms with Crippen LogP contribution >= 0.6 is 0 Å². The number of methoxy groups -OCH3 is 1. The molecule has 0 bridgehead atoms. The molecule has 1 amide bonds. The molecule has 1 aliphatic rings. The molecular weight excluding hydrogens is 268 g/mol. The molecule has 1 heterocycles. The molecule has 5 heteroatoms. The Morgan fingerprint density at radius 3 is 2.81 bits per heavy atom. The fourth-order valence-electron chi connectivity index (χ4n) is 2.58. The molecule has 1 saturated heterocycles. The van der Waals surface area contributed by atoms with Gasteiger partial charge in [-0.2, -0.15) is 0 Å². The number of carbonyl (C=O) groups is 1. The van der Waals surface area contributed by atoms with E-state index in [0.717, 1.165) is 11.3 Å². The van der Waals surface area contributed by atoms with Crippen molar-refractivity contribution in [2.45, 2.75) is 25.5 Å². The monoisotopic (exact) mass is 292 g/mol. The minimum Gasteiger partial charge on any atom is -0.497 e. The molecule has 0 unspecified atom stereocenters. The maximum Gasteiger partial charge on any atom is 0.236 e. The number of benzene rings is 1. The number of aliphatic hydroxyl groups excluding tert-OH is 1. The SMILES string of the molecule is COc1cccc(CN(C)CC(=O)N2CCC(O)CC2)c1. The van der Waals surface area contributed by atoms with E-state index >= 15 is 0 Å². The number of rotatable bonds is 5. The van der Waals surface area contributed by atoms with Gasteiger partial charge >= 0.3 is 0 Å². The second-order valence-electron chi connectivity index (χ2n) is 5.64. The highest BCUT2D eigenvalue weighted by Gasteiger charge is 2.21. The largest absolute Gasteiger partial charge is 0.497 e. The van der Waals surface area contributed by atoms with E-state index in [2.05, 4.69) is 0 Å². The molecule has 21 heavy (non-hydrogen) atoms. The van der Waals surface area contributed by atoms with Crippen molar-refractivity contribution in [3.63, 3.8) is 0 Å². The first-order chi connectivity index (χ1) is 10.1. The molecule has 116 valence electrons. The fraction of sp³-hybridized carbons (Fsp3) is 0.562. The number of likely N-dealkylation sites (N-methyl/N-ethyl adjacent to an activating group) is 1. The van der Waals surface area contributed by atoms with Crippen LogP contribution in [0.25, 0.3) is 0 Å². The van der Waals surface area contributed by atoms with Crippen LogP contribution in [0, 0.1) is 0 Å². The Labute approximate surface area is 126 Å². The molecule has 1 aromatic carbocycles. The zero-order chi connectivity index (χ0) is 15.2. The average Bonchev–Trinajstić information content (AvgIpc) is 2.47. The topological polar surface area (TPSA) is 53.0 Å². The highest BCUT2D eigenvalue weighted by molar-refractivity contribution is 5.78. The Bertz CT molecular complexity index is 470. The van der Waals surface area contributed by atoms with Crippen molar-refractivity contribution < 1.29 is 14.6 Å². The highest BCUT2D eigenvalue weighted by Crippen LogP contribution is 2.14. The summed E-state index contributed by atoms with van der Waals surface area (Å²) in [5.41, 5.74) is 1.12. The van der Waals surface area contributed by atoms with Gasteiger partial charge in [-0.1, -0.05) is 12.1 Å². The summed E-state index contributed by atoms with van der Waals surface area (Å²) in [4.78, 5) is 16.1. The van der Waals surface area contributed by atoms with Gasteiger partial charge in [0.1, 0.15) is 5.75 Å². The van der Waals surface area contributed by atoms with Gasteiger partial charge in [0.2, 0.25) is 5.91 Å². The Hall–Kier alpha value is -1.59. The van der Waals surface area contributed by atoms with Crippen molar-refractivity contribution >= 4 is 5.91 Å². The molecule has 5 nitrogen and oxygen atoms in total. The van der Waals surface area contributed by atoms with E-state index in [0.29, 0.717) is 39.0 Å². The second kappa shape index (κ2) is 7.43. The second-order valence-corrected chi connectivity index (χ2v) is 5.64. The van der Waals surface area contributed by atoms with Crippen molar-refractivity contribution in [3.8, 4) is 5.75 Å². The summed E-state index contributed by atoms with van der Waals surface area (Å²) in [7, 11) is 3.59. The number of aliphatic hydroxyl groups is 1. The van der Waals surface area contributed by atoms with E-state index in [-0.39, 0.29) is 12.0 Å². The molecule has 1 N–H and O–H groups in total. The maximum atomic E-state index is 12.2. The fourth-order valence-corrected chi connectivity index (χ4v) is 2.58. The molecule has 1 aliphatic heterocycles. The first-order valence-electron chi connectivity index (χ1n) is 7.36. The van der Waals surface area contributed by atoms with Crippen LogP contribution in [0.15, 0.2) is 24.3 Å². The van der Waals surface area contributed by atoms with Gasteiger partial charge in [0.05, 0.1) is 19.8 Å². The number of hydrogen-bond acceptors (Lipinski definition) is 4. The van der Waals surface area contributed by atoms with E-state index in [1.54, 1.807) is 7.11 Å². The minimum atomic E-state index is -0.247. The normalized spacial score (nSPS) is 16.3. The molecule has 2 rings (SSSR count). The van der Waals surface area contributed by atoms with Gasteiger partial charge in [0.15, 0.2) is 0 Å². The Morgan fingerprint density at radius 2 is 2.14 bits per heavy atom. The summed E-state index contributed by atoms with van der Waals surface area (Å²) < 4.78 is 5.21. The summed E-state index contributed by atoms with van der Waals surface area (Å²) in [6.45, 7) is 2.42. The van der Waals surface area contributed by atoms with Crippen LogP contribution in [0.5, 0.6) is 5.75 Å². The third-order valence-electron chi connectivity index (χ3n) is 3.81. The number of piperidine rings is 1. The van der Waals surface area contributed by atoms with E-state index in [1.807, 2.05) is 41.1 Å². The summed E-state index contributed by atoms with van der Waals surface area (Å²) in [5.74, 6) is 0.963.